The fourth-order valence-corrected chi connectivity index (χ4v) is 4.13. The first-order valence-corrected chi connectivity index (χ1v) is 7.86. The van der Waals surface area contributed by atoms with Crippen molar-refractivity contribution in [1.29, 1.82) is 0 Å². The Hall–Kier alpha value is -2.14. The summed E-state index contributed by atoms with van der Waals surface area (Å²) in [5, 5.41) is 14.4. The molecule has 21 heavy (non-hydrogen) atoms. The quantitative estimate of drug-likeness (QED) is 0.703. The molecule has 0 unspecified atom stereocenters. The third-order valence-corrected chi connectivity index (χ3v) is 5.11. The Labute approximate surface area is 126 Å². The molecular formula is C16H15N3OS. The van der Waals surface area contributed by atoms with E-state index in [1.807, 2.05) is 19.1 Å². The Morgan fingerprint density at radius 2 is 2.14 bits per heavy atom. The highest BCUT2D eigenvalue weighted by Crippen LogP contribution is 2.40. The van der Waals surface area contributed by atoms with Crippen LogP contribution >= 0.6 is 11.3 Å². The average Bonchev–Trinajstić information content (AvgIpc) is 3.02. The van der Waals surface area contributed by atoms with Gasteiger partial charge in [-0.1, -0.05) is 6.07 Å². The number of hydrogen-bond donors (Lipinski definition) is 2. The zero-order valence-corrected chi connectivity index (χ0v) is 12.5. The van der Waals surface area contributed by atoms with Gasteiger partial charge in [0, 0.05) is 4.88 Å². The summed E-state index contributed by atoms with van der Waals surface area (Å²) < 4.78 is 0. The summed E-state index contributed by atoms with van der Waals surface area (Å²) in [7, 11) is 0. The second-order valence-corrected chi connectivity index (χ2v) is 6.49. The van der Waals surface area contributed by atoms with Crippen LogP contribution in [0.4, 0.5) is 11.5 Å². The standard InChI is InChI=1S/C16H15N3OS/c1-9-5-6-11(12(20)7-9)19-15-14-10-3-2-4-13(10)21-16(14)18-8-17-15/h5-8,20H,2-4H2,1H3,(H,17,18,19). The first-order chi connectivity index (χ1) is 10.2. The molecule has 4 rings (SSSR count). The van der Waals surface area contributed by atoms with Crippen LogP contribution in [0.1, 0.15) is 22.4 Å². The van der Waals surface area contributed by atoms with E-state index in [0.29, 0.717) is 5.69 Å². The van der Waals surface area contributed by atoms with E-state index in [4.69, 9.17) is 0 Å². The summed E-state index contributed by atoms with van der Waals surface area (Å²) in [6.45, 7) is 1.96. The Morgan fingerprint density at radius 1 is 1.24 bits per heavy atom. The number of phenolic OH excluding ortho intramolecular Hbond substituents is 1. The smallest absolute Gasteiger partial charge is 0.142 e. The molecule has 0 saturated carbocycles. The molecule has 2 aromatic heterocycles. The average molecular weight is 297 g/mol. The Balaban J connectivity index is 1.83. The second-order valence-electron chi connectivity index (χ2n) is 5.41. The molecule has 1 aliphatic rings. The van der Waals surface area contributed by atoms with E-state index >= 15 is 0 Å². The van der Waals surface area contributed by atoms with E-state index in [2.05, 4.69) is 15.3 Å². The van der Waals surface area contributed by atoms with E-state index in [0.717, 1.165) is 34.4 Å². The molecule has 4 nitrogen and oxygen atoms in total. The molecule has 3 aromatic rings. The van der Waals surface area contributed by atoms with E-state index in [-0.39, 0.29) is 5.75 Å². The molecular weight excluding hydrogens is 282 g/mol. The van der Waals surface area contributed by atoms with Gasteiger partial charge in [0.15, 0.2) is 0 Å². The van der Waals surface area contributed by atoms with Gasteiger partial charge in [0.25, 0.3) is 0 Å². The monoisotopic (exact) mass is 297 g/mol. The van der Waals surface area contributed by atoms with Crippen LogP contribution in [0, 0.1) is 6.92 Å². The molecule has 1 aromatic carbocycles. The van der Waals surface area contributed by atoms with Crippen molar-refractivity contribution in [3.8, 4) is 5.75 Å². The number of hydrogen-bond acceptors (Lipinski definition) is 5. The highest BCUT2D eigenvalue weighted by Gasteiger charge is 2.21. The van der Waals surface area contributed by atoms with Gasteiger partial charge in [-0.3, -0.25) is 0 Å². The lowest BCUT2D eigenvalue weighted by atomic mass is 10.1. The van der Waals surface area contributed by atoms with Crippen LogP contribution in [0.15, 0.2) is 24.5 Å². The summed E-state index contributed by atoms with van der Waals surface area (Å²) in [5.41, 5.74) is 3.09. The minimum absolute atomic E-state index is 0.244. The summed E-state index contributed by atoms with van der Waals surface area (Å²) in [6, 6.07) is 5.60. The molecule has 0 aliphatic heterocycles. The van der Waals surface area contributed by atoms with Crippen LogP contribution in [0.5, 0.6) is 5.75 Å². The van der Waals surface area contributed by atoms with Crippen LogP contribution in [0.2, 0.25) is 0 Å². The van der Waals surface area contributed by atoms with Crippen LogP contribution in [0.3, 0.4) is 0 Å². The summed E-state index contributed by atoms with van der Waals surface area (Å²) in [6.07, 6.45) is 5.03. The summed E-state index contributed by atoms with van der Waals surface area (Å²) in [5.74, 6) is 1.03. The third-order valence-electron chi connectivity index (χ3n) is 3.91. The van der Waals surface area contributed by atoms with Gasteiger partial charge in [0.1, 0.15) is 22.7 Å². The predicted molar refractivity (Wildman–Crippen MR) is 85.6 cm³/mol. The number of aryl methyl sites for hydroxylation is 3. The highest BCUT2D eigenvalue weighted by molar-refractivity contribution is 7.19. The van der Waals surface area contributed by atoms with Crippen molar-refractivity contribution >= 4 is 33.1 Å². The van der Waals surface area contributed by atoms with Crippen LogP contribution in [-0.2, 0) is 12.8 Å². The van der Waals surface area contributed by atoms with E-state index in [1.165, 1.54) is 16.9 Å². The summed E-state index contributed by atoms with van der Waals surface area (Å²) >= 11 is 1.76. The Morgan fingerprint density at radius 3 is 3.00 bits per heavy atom. The van der Waals surface area contributed by atoms with Gasteiger partial charge in [0.05, 0.1) is 11.1 Å². The molecule has 2 N–H and O–H groups in total. The van der Waals surface area contributed by atoms with Crippen molar-refractivity contribution in [3.05, 3.63) is 40.5 Å². The van der Waals surface area contributed by atoms with Gasteiger partial charge in [-0.05, 0) is 49.4 Å². The number of rotatable bonds is 2. The van der Waals surface area contributed by atoms with Crippen molar-refractivity contribution < 1.29 is 5.11 Å². The molecule has 0 bridgehead atoms. The van der Waals surface area contributed by atoms with Crippen LogP contribution in [0.25, 0.3) is 10.2 Å². The van der Waals surface area contributed by atoms with Crippen molar-refractivity contribution in [3.63, 3.8) is 0 Å². The maximum atomic E-state index is 10.1. The van der Waals surface area contributed by atoms with E-state index in [1.54, 1.807) is 23.7 Å². The van der Waals surface area contributed by atoms with Gasteiger partial charge in [0.2, 0.25) is 0 Å². The molecule has 2 heterocycles. The maximum absolute atomic E-state index is 10.1. The van der Waals surface area contributed by atoms with E-state index < -0.39 is 0 Å². The van der Waals surface area contributed by atoms with Gasteiger partial charge in [-0.2, -0.15) is 0 Å². The molecule has 0 saturated heterocycles. The first kappa shape index (κ1) is 12.6. The normalized spacial score (nSPS) is 13.6. The lowest BCUT2D eigenvalue weighted by Crippen LogP contribution is -1.96. The molecule has 0 fully saturated rings. The lowest BCUT2D eigenvalue weighted by molar-refractivity contribution is 0.477. The zero-order chi connectivity index (χ0) is 14.4. The minimum Gasteiger partial charge on any atom is -0.506 e. The van der Waals surface area contributed by atoms with E-state index in [9.17, 15) is 5.11 Å². The largest absolute Gasteiger partial charge is 0.506 e. The lowest BCUT2D eigenvalue weighted by Gasteiger charge is -2.09. The number of nitrogens with one attached hydrogen (secondary N) is 1. The number of fused-ring (bicyclic) bond motifs is 3. The van der Waals surface area contributed by atoms with Gasteiger partial charge >= 0.3 is 0 Å². The minimum atomic E-state index is 0.244. The summed E-state index contributed by atoms with van der Waals surface area (Å²) in [4.78, 5) is 11.2. The highest BCUT2D eigenvalue weighted by atomic mass is 32.1. The molecule has 5 heteroatoms. The third kappa shape index (κ3) is 2.05. The van der Waals surface area contributed by atoms with Crippen LogP contribution in [-0.4, -0.2) is 15.1 Å². The number of aromatic nitrogens is 2. The van der Waals surface area contributed by atoms with Gasteiger partial charge in [-0.25, -0.2) is 9.97 Å². The Kier molecular flexibility index (Phi) is 2.82. The molecule has 0 amide bonds. The molecule has 0 spiro atoms. The molecule has 1 aliphatic carbocycles. The first-order valence-electron chi connectivity index (χ1n) is 7.04. The van der Waals surface area contributed by atoms with Crippen molar-refractivity contribution in [2.45, 2.75) is 26.2 Å². The van der Waals surface area contributed by atoms with Crippen molar-refractivity contribution in [2.24, 2.45) is 0 Å². The second kappa shape index (κ2) is 4.70. The van der Waals surface area contributed by atoms with Crippen molar-refractivity contribution in [1.82, 2.24) is 9.97 Å². The zero-order valence-electron chi connectivity index (χ0n) is 11.7. The van der Waals surface area contributed by atoms with Gasteiger partial charge in [-0.15, -0.1) is 11.3 Å². The fraction of sp³-hybridized carbons (Fsp3) is 0.250. The van der Waals surface area contributed by atoms with Gasteiger partial charge < -0.3 is 10.4 Å². The number of aromatic hydroxyl groups is 1. The van der Waals surface area contributed by atoms with Crippen molar-refractivity contribution in [2.75, 3.05) is 5.32 Å². The fourth-order valence-electron chi connectivity index (χ4n) is 2.90. The SMILES string of the molecule is Cc1ccc(Nc2ncnc3sc4c(c23)CCC4)c(O)c1. The Bertz CT molecular complexity index is 841. The number of anilines is 2. The molecule has 106 valence electrons. The number of nitrogens with zero attached hydrogens (tertiary/aromatic N) is 2. The number of thiophene rings is 1. The number of benzene rings is 1. The number of phenols is 1. The maximum Gasteiger partial charge on any atom is 0.142 e. The predicted octanol–water partition coefficient (Wildman–Crippen LogP) is 3.94. The molecule has 0 atom stereocenters. The topological polar surface area (TPSA) is 58.0 Å². The molecule has 0 radical (unpaired) electrons. The van der Waals surface area contributed by atoms with Crippen LogP contribution < -0.4 is 5.32 Å².